The Morgan fingerprint density at radius 2 is 1.88 bits per heavy atom. The van der Waals surface area contributed by atoms with Crippen LogP contribution in [0.15, 0.2) is 48.0 Å². The van der Waals surface area contributed by atoms with Crippen LogP contribution in [0.2, 0.25) is 0 Å². The molecule has 0 aliphatic heterocycles. The fourth-order valence-electron chi connectivity index (χ4n) is 2.41. The second-order valence-corrected chi connectivity index (χ2v) is 7.86. The largest absolute Gasteiger partial charge is 0.495 e. The number of hydrogen-bond donors (Lipinski definition) is 1. The van der Waals surface area contributed by atoms with Gasteiger partial charge in [-0.05, 0) is 87.4 Å². The first-order valence-corrected chi connectivity index (χ1v) is 10.2. The highest BCUT2D eigenvalue weighted by molar-refractivity contribution is 14.1. The molecule has 0 bridgehead atoms. The van der Waals surface area contributed by atoms with E-state index in [1.54, 1.807) is 13.2 Å². The summed E-state index contributed by atoms with van der Waals surface area (Å²) < 4.78 is 7.20. The number of rotatable bonds is 7. The smallest absolute Gasteiger partial charge is 0.261 e. The van der Waals surface area contributed by atoms with Crippen molar-refractivity contribution in [2.75, 3.05) is 13.7 Å². The molecule has 0 heterocycles. The maximum Gasteiger partial charge on any atom is 0.261 e. The zero-order valence-corrected chi connectivity index (χ0v) is 18.6. The summed E-state index contributed by atoms with van der Waals surface area (Å²) in [6.07, 6.45) is 3.32. The number of hydrogen-bond acceptors (Lipinski definition) is 3. The molecular weight excluding hydrogens is 554 g/mol. The van der Waals surface area contributed by atoms with Gasteiger partial charge in [-0.2, -0.15) is 5.26 Å². The normalized spacial score (nSPS) is 10.9. The van der Waals surface area contributed by atoms with E-state index in [4.69, 9.17) is 4.74 Å². The van der Waals surface area contributed by atoms with Crippen molar-refractivity contribution in [1.82, 2.24) is 5.32 Å². The van der Waals surface area contributed by atoms with Crippen LogP contribution in [0.1, 0.15) is 17.5 Å². The zero-order chi connectivity index (χ0) is 18.9. The van der Waals surface area contributed by atoms with Crippen molar-refractivity contribution in [2.24, 2.45) is 0 Å². The van der Waals surface area contributed by atoms with E-state index in [0.717, 1.165) is 31.3 Å². The van der Waals surface area contributed by atoms with E-state index >= 15 is 0 Å². The van der Waals surface area contributed by atoms with Gasteiger partial charge in [-0.3, -0.25) is 4.79 Å². The quantitative estimate of drug-likeness (QED) is 0.229. The lowest BCUT2D eigenvalue weighted by atomic mass is 10.1. The molecule has 0 atom stereocenters. The Morgan fingerprint density at radius 1 is 1.23 bits per heavy atom. The van der Waals surface area contributed by atoms with Crippen LogP contribution in [0.25, 0.3) is 6.08 Å². The van der Waals surface area contributed by atoms with Gasteiger partial charge >= 0.3 is 0 Å². The van der Waals surface area contributed by atoms with Gasteiger partial charge in [-0.25, -0.2) is 0 Å². The standard InChI is InChI=1S/C20H18I2N2O2/c1-26-19-17(21)11-15(12-18(19)22)10-16(13-23)20(25)24-9-5-8-14-6-3-2-4-7-14/h2-4,6-7,10-12H,5,8-9H2,1H3,(H,24,25)/b16-10-. The lowest BCUT2D eigenvalue weighted by Crippen LogP contribution is -2.25. The summed E-state index contributed by atoms with van der Waals surface area (Å²) >= 11 is 4.36. The van der Waals surface area contributed by atoms with Crippen LogP contribution in [-0.4, -0.2) is 19.6 Å². The van der Waals surface area contributed by atoms with E-state index in [-0.39, 0.29) is 11.5 Å². The van der Waals surface area contributed by atoms with Gasteiger partial charge in [-0.15, -0.1) is 0 Å². The van der Waals surface area contributed by atoms with Crippen molar-refractivity contribution in [1.29, 1.82) is 5.26 Å². The number of amides is 1. The predicted molar refractivity (Wildman–Crippen MR) is 120 cm³/mol. The molecule has 2 aromatic rings. The number of nitrogens with one attached hydrogen (secondary N) is 1. The van der Waals surface area contributed by atoms with Crippen LogP contribution in [-0.2, 0) is 11.2 Å². The molecule has 26 heavy (non-hydrogen) atoms. The summed E-state index contributed by atoms with van der Waals surface area (Å²) in [7, 11) is 1.62. The first kappa shape index (κ1) is 20.7. The number of carbonyl (C=O) groups excluding carboxylic acids is 1. The molecule has 0 spiro atoms. The molecule has 134 valence electrons. The molecule has 0 unspecified atom stereocenters. The Kier molecular flexibility index (Phi) is 8.38. The highest BCUT2D eigenvalue weighted by Crippen LogP contribution is 2.29. The van der Waals surface area contributed by atoms with Crippen molar-refractivity contribution >= 4 is 57.2 Å². The Morgan fingerprint density at radius 3 is 2.46 bits per heavy atom. The number of benzene rings is 2. The van der Waals surface area contributed by atoms with Crippen LogP contribution in [0.3, 0.4) is 0 Å². The topological polar surface area (TPSA) is 62.1 Å². The fourth-order valence-corrected chi connectivity index (χ4v) is 4.66. The third-order valence-electron chi connectivity index (χ3n) is 3.67. The highest BCUT2D eigenvalue weighted by Gasteiger charge is 2.11. The van der Waals surface area contributed by atoms with Gasteiger partial charge in [0, 0.05) is 6.54 Å². The Balaban J connectivity index is 1.98. The van der Waals surface area contributed by atoms with Crippen LogP contribution in [0.4, 0.5) is 0 Å². The van der Waals surface area contributed by atoms with Crippen molar-refractivity contribution in [2.45, 2.75) is 12.8 Å². The summed E-state index contributed by atoms with van der Waals surface area (Å²) in [6.45, 7) is 0.532. The first-order valence-electron chi connectivity index (χ1n) is 8.02. The Bertz CT molecular complexity index is 820. The van der Waals surface area contributed by atoms with E-state index in [1.807, 2.05) is 36.4 Å². The molecule has 2 rings (SSSR count). The third-order valence-corrected chi connectivity index (χ3v) is 5.27. The van der Waals surface area contributed by atoms with Gasteiger partial charge in [0.1, 0.15) is 17.4 Å². The maximum absolute atomic E-state index is 12.3. The Hall–Kier alpha value is -1.60. The lowest BCUT2D eigenvalue weighted by molar-refractivity contribution is -0.117. The first-order chi connectivity index (χ1) is 12.5. The highest BCUT2D eigenvalue weighted by atomic mass is 127. The van der Waals surface area contributed by atoms with E-state index in [9.17, 15) is 10.1 Å². The summed E-state index contributed by atoms with van der Waals surface area (Å²) in [5.74, 6) is 0.452. The van der Waals surface area contributed by atoms with Crippen molar-refractivity contribution in [3.63, 3.8) is 0 Å². The number of aryl methyl sites for hydroxylation is 1. The van der Waals surface area contributed by atoms with Crippen LogP contribution in [0, 0.1) is 18.5 Å². The monoisotopic (exact) mass is 572 g/mol. The average molecular weight is 572 g/mol. The molecule has 1 amide bonds. The van der Waals surface area contributed by atoms with Crippen LogP contribution in [0.5, 0.6) is 5.75 Å². The molecule has 0 fully saturated rings. The van der Waals surface area contributed by atoms with E-state index in [1.165, 1.54) is 5.56 Å². The lowest BCUT2D eigenvalue weighted by Gasteiger charge is -2.08. The van der Waals surface area contributed by atoms with Crippen LogP contribution >= 0.6 is 45.2 Å². The van der Waals surface area contributed by atoms with Gasteiger partial charge in [0.05, 0.1) is 14.3 Å². The van der Waals surface area contributed by atoms with Gasteiger partial charge in [0.2, 0.25) is 0 Å². The van der Waals surface area contributed by atoms with Gasteiger partial charge in [0.15, 0.2) is 0 Å². The SMILES string of the molecule is COc1c(I)cc(/C=C(/C#N)C(=O)NCCCc2ccccc2)cc1I. The summed E-state index contributed by atoms with van der Waals surface area (Å²) in [5.41, 5.74) is 2.14. The van der Waals surface area contributed by atoms with Crippen molar-refractivity contribution in [3.05, 3.63) is 66.3 Å². The number of nitriles is 1. The van der Waals surface area contributed by atoms with Crippen molar-refractivity contribution < 1.29 is 9.53 Å². The second-order valence-electron chi connectivity index (χ2n) is 5.53. The number of halogens is 2. The molecule has 0 aliphatic carbocycles. The third kappa shape index (κ3) is 5.99. The molecule has 2 aromatic carbocycles. The van der Waals surface area contributed by atoms with Gasteiger partial charge in [-0.1, -0.05) is 30.3 Å². The molecule has 0 saturated carbocycles. The Labute approximate surface area is 180 Å². The van der Waals surface area contributed by atoms with Crippen molar-refractivity contribution in [3.8, 4) is 11.8 Å². The molecule has 1 N–H and O–H groups in total. The molecule has 0 radical (unpaired) electrons. The van der Waals surface area contributed by atoms with E-state index in [2.05, 4.69) is 62.6 Å². The summed E-state index contributed by atoms with van der Waals surface area (Å²) in [4.78, 5) is 12.3. The fraction of sp³-hybridized carbons (Fsp3) is 0.200. The number of ether oxygens (including phenoxy) is 1. The molecule has 0 saturated heterocycles. The molecule has 6 heteroatoms. The van der Waals surface area contributed by atoms with Crippen LogP contribution < -0.4 is 10.1 Å². The number of methoxy groups -OCH3 is 1. The predicted octanol–water partition coefficient (Wildman–Crippen LogP) is 4.56. The van der Waals surface area contributed by atoms with E-state index < -0.39 is 0 Å². The average Bonchev–Trinajstić information content (AvgIpc) is 2.63. The molecule has 0 aromatic heterocycles. The summed E-state index contributed by atoms with van der Waals surface area (Å²) in [6, 6.07) is 15.9. The summed E-state index contributed by atoms with van der Waals surface area (Å²) in [5, 5.41) is 12.1. The van der Waals surface area contributed by atoms with E-state index in [0.29, 0.717) is 6.54 Å². The zero-order valence-electron chi connectivity index (χ0n) is 14.3. The molecular formula is C20H18I2N2O2. The minimum Gasteiger partial charge on any atom is -0.495 e. The minimum absolute atomic E-state index is 0.0986. The minimum atomic E-state index is -0.346. The maximum atomic E-state index is 12.3. The second kappa shape index (κ2) is 10.5. The number of carbonyl (C=O) groups is 1. The molecule has 0 aliphatic rings. The van der Waals surface area contributed by atoms with Gasteiger partial charge < -0.3 is 10.1 Å². The molecule has 4 nitrogen and oxygen atoms in total. The van der Waals surface area contributed by atoms with Gasteiger partial charge in [0.25, 0.3) is 5.91 Å². The number of nitrogens with zero attached hydrogens (tertiary/aromatic N) is 1.